The molecule has 0 amide bonds. The Labute approximate surface area is 89.2 Å². The van der Waals surface area contributed by atoms with Crippen LogP contribution in [0.15, 0.2) is 16.7 Å². The van der Waals surface area contributed by atoms with Gasteiger partial charge in [0.25, 0.3) is 0 Å². The molecule has 5 N–H and O–H groups in total. The Morgan fingerprint density at radius 2 is 2.29 bits per heavy atom. The summed E-state index contributed by atoms with van der Waals surface area (Å²) in [7, 11) is 0. The van der Waals surface area contributed by atoms with Gasteiger partial charge in [0, 0.05) is 11.8 Å². The number of nitrogens with two attached hydrogens (primary N) is 2. The summed E-state index contributed by atoms with van der Waals surface area (Å²) in [5.74, 6) is -0.814. The van der Waals surface area contributed by atoms with Gasteiger partial charge in [0.1, 0.15) is 11.4 Å². The van der Waals surface area contributed by atoms with Gasteiger partial charge < -0.3 is 16.6 Å². The first-order valence-corrected chi connectivity index (χ1v) is 4.58. The summed E-state index contributed by atoms with van der Waals surface area (Å²) in [5, 5.41) is 8.86. The molecule has 1 heterocycles. The zero-order valence-electron chi connectivity index (χ0n) is 7.49. The second-order valence-electron chi connectivity index (χ2n) is 3.10. The smallest absolute Gasteiger partial charge is 0.328 e. The fourth-order valence-corrected chi connectivity index (χ4v) is 1.20. The molecule has 0 aliphatic rings. The summed E-state index contributed by atoms with van der Waals surface area (Å²) in [5.41, 5.74) is 10.00. The lowest BCUT2D eigenvalue weighted by molar-refractivity contribution is -0.143. The molecular weight excluding hydrogens is 250 g/mol. The number of halogens is 1. The molecular formula is C8H10BrN3O2. The van der Waals surface area contributed by atoms with Gasteiger partial charge in [-0.05, 0) is 28.9 Å². The van der Waals surface area contributed by atoms with Crippen molar-refractivity contribution in [3.8, 4) is 0 Å². The van der Waals surface area contributed by atoms with Crippen LogP contribution in [-0.4, -0.2) is 16.1 Å². The molecule has 6 heteroatoms. The van der Waals surface area contributed by atoms with Crippen molar-refractivity contribution in [3.05, 3.63) is 22.3 Å². The minimum Gasteiger partial charge on any atom is -0.480 e. The molecule has 14 heavy (non-hydrogen) atoms. The van der Waals surface area contributed by atoms with Crippen LogP contribution < -0.4 is 11.5 Å². The summed E-state index contributed by atoms with van der Waals surface area (Å²) >= 11 is 3.15. The highest BCUT2D eigenvalue weighted by molar-refractivity contribution is 9.10. The Kier molecular flexibility index (Phi) is 2.77. The quantitative estimate of drug-likeness (QED) is 0.725. The minimum atomic E-state index is -1.46. The molecule has 1 atom stereocenters. The highest BCUT2D eigenvalue weighted by Crippen LogP contribution is 2.24. The van der Waals surface area contributed by atoms with Gasteiger partial charge in [-0.25, -0.2) is 9.78 Å². The number of pyridine rings is 1. The molecule has 5 nitrogen and oxygen atoms in total. The van der Waals surface area contributed by atoms with Crippen molar-refractivity contribution < 1.29 is 9.90 Å². The molecule has 1 rings (SSSR count). The first kappa shape index (κ1) is 10.9. The standard InChI is InChI=1S/C8H10BrN3O2/c1-8(11,7(13)14)4-2-5(9)6(10)12-3-4/h2-3H,11H2,1H3,(H2,10,12)(H,13,14)/t8-/m0/s1. The van der Waals surface area contributed by atoms with E-state index in [1.54, 1.807) is 6.07 Å². The van der Waals surface area contributed by atoms with E-state index in [1.165, 1.54) is 13.1 Å². The molecule has 76 valence electrons. The molecule has 0 aliphatic carbocycles. The van der Waals surface area contributed by atoms with Gasteiger partial charge in [-0.2, -0.15) is 0 Å². The zero-order chi connectivity index (χ0) is 10.9. The van der Waals surface area contributed by atoms with Crippen LogP contribution in [0.1, 0.15) is 12.5 Å². The predicted molar refractivity (Wildman–Crippen MR) is 55.5 cm³/mol. The van der Waals surface area contributed by atoms with Crippen molar-refractivity contribution in [2.75, 3.05) is 5.73 Å². The lowest BCUT2D eigenvalue weighted by Crippen LogP contribution is -2.41. The Bertz CT molecular complexity index is 379. The van der Waals surface area contributed by atoms with Crippen molar-refractivity contribution in [1.29, 1.82) is 0 Å². The molecule has 1 aromatic heterocycles. The molecule has 0 spiro atoms. The predicted octanol–water partition coefficient (Wildman–Crippen LogP) is 0.685. The van der Waals surface area contributed by atoms with Crippen LogP contribution in [-0.2, 0) is 10.3 Å². The lowest BCUT2D eigenvalue weighted by atomic mass is 9.95. The molecule has 0 saturated carbocycles. The topological polar surface area (TPSA) is 102 Å². The van der Waals surface area contributed by atoms with Gasteiger partial charge in [-0.3, -0.25) is 0 Å². The monoisotopic (exact) mass is 259 g/mol. The maximum atomic E-state index is 10.8. The lowest BCUT2D eigenvalue weighted by Gasteiger charge is -2.19. The SMILES string of the molecule is C[C@@](N)(C(=O)O)c1cnc(N)c(Br)c1. The van der Waals surface area contributed by atoms with Gasteiger partial charge in [0.15, 0.2) is 0 Å². The third-order valence-corrected chi connectivity index (χ3v) is 2.55. The van der Waals surface area contributed by atoms with E-state index in [0.717, 1.165) is 0 Å². The second-order valence-corrected chi connectivity index (χ2v) is 3.95. The number of anilines is 1. The van der Waals surface area contributed by atoms with E-state index < -0.39 is 11.5 Å². The van der Waals surface area contributed by atoms with Crippen LogP contribution >= 0.6 is 15.9 Å². The summed E-state index contributed by atoms with van der Waals surface area (Å²) in [4.78, 5) is 14.6. The number of aliphatic carboxylic acids is 1. The number of hydrogen-bond donors (Lipinski definition) is 3. The van der Waals surface area contributed by atoms with Crippen LogP contribution in [0.5, 0.6) is 0 Å². The maximum absolute atomic E-state index is 10.8. The van der Waals surface area contributed by atoms with E-state index in [2.05, 4.69) is 20.9 Å². The van der Waals surface area contributed by atoms with Gasteiger partial charge in [-0.15, -0.1) is 0 Å². The molecule has 0 aromatic carbocycles. The van der Waals surface area contributed by atoms with E-state index in [0.29, 0.717) is 15.9 Å². The van der Waals surface area contributed by atoms with E-state index in [9.17, 15) is 4.79 Å². The minimum absolute atomic E-state index is 0.301. The van der Waals surface area contributed by atoms with Crippen LogP contribution in [0.2, 0.25) is 0 Å². The van der Waals surface area contributed by atoms with E-state index in [4.69, 9.17) is 16.6 Å². The number of aromatic nitrogens is 1. The third kappa shape index (κ3) is 1.85. The second kappa shape index (κ2) is 3.55. The summed E-state index contributed by atoms with van der Waals surface area (Å²) in [6.45, 7) is 1.40. The fraction of sp³-hybridized carbons (Fsp3) is 0.250. The van der Waals surface area contributed by atoms with Gasteiger partial charge in [-0.1, -0.05) is 0 Å². The summed E-state index contributed by atoms with van der Waals surface area (Å²) in [6.07, 6.45) is 1.36. The molecule has 0 unspecified atom stereocenters. The van der Waals surface area contributed by atoms with Crippen molar-refractivity contribution in [1.82, 2.24) is 4.98 Å². The Morgan fingerprint density at radius 1 is 1.71 bits per heavy atom. The van der Waals surface area contributed by atoms with Gasteiger partial charge in [0.2, 0.25) is 0 Å². The average molecular weight is 260 g/mol. The molecule has 0 bridgehead atoms. The van der Waals surface area contributed by atoms with Crippen LogP contribution in [0.4, 0.5) is 5.82 Å². The van der Waals surface area contributed by atoms with E-state index in [1.807, 2.05) is 0 Å². The first-order valence-electron chi connectivity index (χ1n) is 3.79. The zero-order valence-corrected chi connectivity index (χ0v) is 9.08. The molecule has 0 fully saturated rings. The van der Waals surface area contributed by atoms with Crippen molar-refractivity contribution in [2.24, 2.45) is 5.73 Å². The maximum Gasteiger partial charge on any atom is 0.328 e. The first-order chi connectivity index (χ1) is 6.35. The number of carboxylic acids is 1. The molecule has 1 aromatic rings. The fourth-order valence-electron chi connectivity index (χ4n) is 0.856. The van der Waals surface area contributed by atoms with E-state index >= 15 is 0 Å². The number of carboxylic acid groups (broad SMARTS) is 1. The highest BCUT2D eigenvalue weighted by atomic mass is 79.9. The molecule has 0 saturated heterocycles. The number of nitrogens with zero attached hydrogens (tertiary/aromatic N) is 1. The Hall–Kier alpha value is -1.14. The highest BCUT2D eigenvalue weighted by Gasteiger charge is 2.30. The number of nitrogen functional groups attached to an aromatic ring is 1. The number of hydrogen-bond acceptors (Lipinski definition) is 4. The van der Waals surface area contributed by atoms with Crippen molar-refractivity contribution in [2.45, 2.75) is 12.5 Å². The number of rotatable bonds is 2. The van der Waals surface area contributed by atoms with E-state index in [-0.39, 0.29) is 0 Å². The van der Waals surface area contributed by atoms with Gasteiger partial charge >= 0.3 is 5.97 Å². The van der Waals surface area contributed by atoms with Gasteiger partial charge in [0.05, 0.1) is 4.47 Å². The summed E-state index contributed by atoms with van der Waals surface area (Å²) in [6, 6.07) is 1.55. The largest absolute Gasteiger partial charge is 0.480 e. The van der Waals surface area contributed by atoms with Crippen molar-refractivity contribution >= 4 is 27.7 Å². The number of carbonyl (C=O) groups is 1. The van der Waals surface area contributed by atoms with Crippen LogP contribution in [0, 0.1) is 0 Å². The normalized spacial score (nSPS) is 14.8. The molecule has 0 aliphatic heterocycles. The van der Waals surface area contributed by atoms with Crippen LogP contribution in [0.25, 0.3) is 0 Å². The third-order valence-electron chi connectivity index (χ3n) is 1.91. The van der Waals surface area contributed by atoms with Crippen molar-refractivity contribution in [3.63, 3.8) is 0 Å². The van der Waals surface area contributed by atoms with Crippen LogP contribution in [0.3, 0.4) is 0 Å². The summed E-state index contributed by atoms with van der Waals surface area (Å²) < 4.78 is 0.535. The Morgan fingerprint density at radius 3 is 2.71 bits per heavy atom. The Balaban J connectivity index is 3.21. The molecule has 0 radical (unpaired) electrons. The average Bonchev–Trinajstić information content (AvgIpc) is 2.09.